The van der Waals surface area contributed by atoms with Gasteiger partial charge in [0, 0.05) is 5.02 Å². The first kappa shape index (κ1) is 14.1. The van der Waals surface area contributed by atoms with Gasteiger partial charge >= 0.3 is 0 Å². The number of benzene rings is 2. The highest BCUT2D eigenvalue weighted by Gasteiger charge is 2.18. The van der Waals surface area contributed by atoms with Crippen molar-refractivity contribution in [3.05, 3.63) is 75.7 Å². The summed E-state index contributed by atoms with van der Waals surface area (Å²) in [7, 11) is 0. The van der Waals surface area contributed by atoms with E-state index >= 15 is 0 Å². The highest BCUT2D eigenvalue weighted by molar-refractivity contribution is 9.10. The summed E-state index contributed by atoms with van der Waals surface area (Å²) in [6.07, 6.45) is 3.17. The van der Waals surface area contributed by atoms with Crippen LogP contribution in [0.2, 0.25) is 5.02 Å². The number of halogens is 2. The predicted molar refractivity (Wildman–Crippen MR) is 84.5 cm³/mol. The Bertz CT molecular complexity index is 744. The molecule has 0 aliphatic heterocycles. The van der Waals surface area contributed by atoms with Gasteiger partial charge in [0.05, 0.1) is 4.47 Å². The van der Waals surface area contributed by atoms with Crippen LogP contribution in [0.25, 0.3) is 0 Å². The fourth-order valence-corrected chi connectivity index (χ4v) is 2.71. The Labute approximate surface area is 135 Å². The maximum atomic E-state index is 9.66. The van der Waals surface area contributed by atoms with E-state index in [0.29, 0.717) is 9.50 Å². The smallest absolute Gasteiger partial charge is 0.137 e. The lowest BCUT2D eigenvalue weighted by Gasteiger charge is -2.18. The first-order valence-corrected chi connectivity index (χ1v) is 7.40. The Balaban J connectivity index is 2.12. The third kappa shape index (κ3) is 2.94. The topological polar surface area (TPSA) is 50.9 Å². The summed E-state index contributed by atoms with van der Waals surface area (Å²) in [6, 6.07) is 12.8. The van der Waals surface area contributed by atoms with Crippen LogP contribution >= 0.6 is 27.5 Å². The fraction of sp³-hybridized carbons (Fsp3) is 0.0667. The molecule has 0 amide bonds. The zero-order valence-electron chi connectivity index (χ0n) is 10.8. The van der Waals surface area contributed by atoms with Crippen molar-refractivity contribution in [2.75, 3.05) is 0 Å². The molecule has 0 aliphatic rings. The van der Waals surface area contributed by atoms with Crippen molar-refractivity contribution in [1.82, 2.24) is 14.8 Å². The van der Waals surface area contributed by atoms with Crippen LogP contribution < -0.4 is 0 Å². The number of phenolic OH excluding ortho intramolecular Hbond substituents is 1. The third-order valence-electron chi connectivity index (χ3n) is 3.17. The molecule has 0 saturated carbocycles. The first-order valence-electron chi connectivity index (χ1n) is 6.23. The molecule has 0 saturated heterocycles. The van der Waals surface area contributed by atoms with Gasteiger partial charge in [-0.05, 0) is 51.3 Å². The molecule has 0 bridgehead atoms. The molecule has 0 aliphatic carbocycles. The number of hydrogen-bond acceptors (Lipinski definition) is 3. The number of rotatable bonds is 3. The molecule has 21 heavy (non-hydrogen) atoms. The summed E-state index contributed by atoms with van der Waals surface area (Å²) in [6.45, 7) is 0. The average molecular weight is 365 g/mol. The molecule has 1 unspecified atom stereocenters. The number of phenols is 1. The summed E-state index contributed by atoms with van der Waals surface area (Å²) in [5.41, 5.74) is 2.01. The highest BCUT2D eigenvalue weighted by Crippen LogP contribution is 2.32. The summed E-state index contributed by atoms with van der Waals surface area (Å²) in [4.78, 5) is 4.02. The minimum Gasteiger partial charge on any atom is -0.507 e. The second-order valence-corrected chi connectivity index (χ2v) is 5.83. The Hall–Kier alpha value is -1.85. The van der Waals surface area contributed by atoms with Crippen molar-refractivity contribution in [2.24, 2.45) is 0 Å². The molecule has 106 valence electrons. The maximum Gasteiger partial charge on any atom is 0.137 e. The second-order valence-electron chi connectivity index (χ2n) is 4.54. The van der Waals surface area contributed by atoms with Gasteiger partial charge in [-0.3, -0.25) is 0 Å². The van der Waals surface area contributed by atoms with Crippen molar-refractivity contribution in [2.45, 2.75) is 6.04 Å². The van der Waals surface area contributed by atoms with E-state index in [9.17, 15) is 5.11 Å². The van der Waals surface area contributed by atoms with Gasteiger partial charge in [-0.2, -0.15) is 5.10 Å². The van der Waals surface area contributed by atoms with E-state index < -0.39 is 0 Å². The quantitative estimate of drug-likeness (QED) is 0.763. The van der Waals surface area contributed by atoms with E-state index in [2.05, 4.69) is 26.0 Å². The van der Waals surface area contributed by atoms with Gasteiger partial charge in [-0.1, -0.05) is 29.8 Å². The van der Waals surface area contributed by atoms with E-state index in [4.69, 9.17) is 11.6 Å². The SMILES string of the molecule is Oc1ccc(C(c2ccc(Cl)cc2)n2cncn2)cc1Br. The Kier molecular flexibility index (Phi) is 3.94. The molecule has 0 spiro atoms. The van der Waals surface area contributed by atoms with E-state index in [-0.39, 0.29) is 11.8 Å². The minimum absolute atomic E-state index is 0.137. The van der Waals surface area contributed by atoms with Crippen LogP contribution in [0, 0.1) is 0 Å². The fourth-order valence-electron chi connectivity index (χ4n) is 2.19. The normalized spacial score (nSPS) is 12.3. The standard InChI is InChI=1S/C15H11BrClN3O/c16-13-7-11(3-6-14(13)21)15(20-9-18-8-19-20)10-1-4-12(17)5-2-10/h1-9,15,21H. The predicted octanol–water partition coefficient (Wildman–Crippen LogP) is 4.04. The average Bonchev–Trinajstić information content (AvgIpc) is 2.99. The second kappa shape index (κ2) is 5.87. The van der Waals surface area contributed by atoms with E-state index in [1.807, 2.05) is 36.4 Å². The van der Waals surface area contributed by atoms with Gasteiger partial charge in [0.15, 0.2) is 0 Å². The van der Waals surface area contributed by atoms with Crippen molar-refractivity contribution in [3.63, 3.8) is 0 Å². The zero-order chi connectivity index (χ0) is 14.8. The summed E-state index contributed by atoms with van der Waals surface area (Å²) in [5.74, 6) is 0.201. The molecule has 0 fully saturated rings. The lowest BCUT2D eigenvalue weighted by molar-refractivity contribution is 0.471. The Morgan fingerprint density at radius 1 is 1.10 bits per heavy atom. The minimum atomic E-state index is -0.137. The largest absolute Gasteiger partial charge is 0.507 e. The van der Waals surface area contributed by atoms with Crippen LogP contribution in [0.3, 0.4) is 0 Å². The van der Waals surface area contributed by atoms with Crippen molar-refractivity contribution in [3.8, 4) is 5.75 Å². The van der Waals surface area contributed by atoms with Crippen LogP contribution in [0.15, 0.2) is 59.6 Å². The van der Waals surface area contributed by atoms with Gasteiger partial charge in [0.2, 0.25) is 0 Å². The van der Waals surface area contributed by atoms with E-state index in [1.165, 1.54) is 6.33 Å². The molecular weight excluding hydrogens is 354 g/mol. The van der Waals surface area contributed by atoms with Gasteiger partial charge < -0.3 is 5.11 Å². The van der Waals surface area contributed by atoms with Crippen LogP contribution in [-0.4, -0.2) is 19.9 Å². The first-order chi connectivity index (χ1) is 10.1. The molecule has 1 aromatic heterocycles. The van der Waals surface area contributed by atoms with Crippen molar-refractivity contribution >= 4 is 27.5 Å². The summed E-state index contributed by atoms with van der Waals surface area (Å²) < 4.78 is 2.40. The van der Waals surface area contributed by atoms with Gasteiger partial charge in [0.1, 0.15) is 24.4 Å². The summed E-state index contributed by atoms with van der Waals surface area (Å²) in [5, 5.41) is 14.6. The molecular formula is C15H11BrClN3O. The monoisotopic (exact) mass is 363 g/mol. The van der Waals surface area contributed by atoms with Crippen LogP contribution in [0.1, 0.15) is 17.2 Å². The Morgan fingerprint density at radius 3 is 2.43 bits per heavy atom. The van der Waals surface area contributed by atoms with Crippen molar-refractivity contribution in [1.29, 1.82) is 0 Å². The third-order valence-corrected chi connectivity index (χ3v) is 4.06. The number of aromatic nitrogens is 3. The molecule has 1 atom stereocenters. The van der Waals surface area contributed by atoms with Gasteiger partial charge in [-0.15, -0.1) is 0 Å². The number of nitrogens with zero attached hydrogens (tertiary/aromatic N) is 3. The maximum absolute atomic E-state index is 9.66. The molecule has 3 rings (SSSR count). The molecule has 6 heteroatoms. The zero-order valence-corrected chi connectivity index (χ0v) is 13.2. The van der Waals surface area contributed by atoms with Crippen LogP contribution in [-0.2, 0) is 0 Å². The summed E-state index contributed by atoms with van der Waals surface area (Å²) >= 11 is 9.30. The molecule has 1 N–H and O–H groups in total. The molecule has 1 heterocycles. The molecule has 0 radical (unpaired) electrons. The van der Waals surface area contributed by atoms with Gasteiger partial charge in [-0.25, -0.2) is 9.67 Å². The van der Waals surface area contributed by atoms with Gasteiger partial charge in [0.25, 0.3) is 0 Å². The lowest BCUT2D eigenvalue weighted by atomic mass is 9.99. The van der Waals surface area contributed by atoms with Crippen molar-refractivity contribution < 1.29 is 5.11 Å². The van der Waals surface area contributed by atoms with Crippen LogP contribution in [0.5, 0.6) is 5.75 Å². The Morgan fingerprint density at radius 2 is 1.81 bits per heavy atom. The van der Waals surface area contributed by atoms with Crippen LogP contribution in [0.4, 0.5) is 0 Å². The number of aromatic hydroxyl groups is 1. The molecule has 3 aromatic rings. The number of hydrogen-bond donors (Lipinski definition) is 1. The van der Waals surface area contributed by atoms with E-state index in [1.54, 1.807) is 17.1 Å². The van der Waals surface area contributed by atoms with E-state index in [0.717, 1.165) is 11.1 Å². The molecule has 4 nitrogen and oxygen atoms in total. The molecule has 2 aromatic carbocycles. The lowest BCUT2D eigenvalue weighted by Crippen LogP contribution is -2.12. The highest BCUT2D eigenvalue weighted by atomic mass is 79.9.